The van der Waals surface area contributed by atoms with Crippen molar-refractivity contribution in [1.82, 2.24) is 0 Å². The third kappa shape index (κ3) is 7.61. The van der Waals surface area contributed by atoms with Crippen molar-refractivity contribution in [2.45, 2.75) is 52.4 Å². The van der Waals surface area contributed by atoms with Crippen LogP contribution in [0.5, 0.6) is 0 Å². The highest BCUT2D eigenvalue weighted by Gasteiger charge is 2.19. The molecule has 0 bridgehead atoms. The molecule has 0 aliphatic heterocycles. The Balaban J connectivity index is 1.32. The average molecular weight is 759 g/mol. The highest BCUT2D eigenvalue weighted by atomic mass is 79.9. The van der Waals surface area contributed by atoms with Crippen molar-refractivity contribution in [3.63, 3.8) is 0 Å². The molecule has 6 aromatic rings. The van der Waals surface area contributed by atoms with Crippen molar-refractivity contribution in [1.29, 1.82) is 0 Å². The first-order valence-corrected chi connectivity index (χ1v) is 18.0. The van der Waals surface area contributed by atoms with Crippen LogP contribution in [0.15, 0.2) is 155 Å². The Morgan fingerprint density at radius 2 is 0.521 bits per heavy atom. The van der Waals surface area contributed by atoms with Gasteiger partial charge in [0.1, 0.15) is 0 Å². The molecule has 242 valence electrons. The first-order valence-electron chi connectivity index (χ1n) is 16.4. The van der Waals surface area contributed by atoms with Gasteiger partial charge in [-0.1, -0.05) is 122 Å². The molecule has 6 rings (SSSR count). The van der Waals surface area contributed by atoms with Gasteiger partial charge in [-0.3, -0.25) is 0 Å². The van der Waals surface area contributed by atoms with E-state index in [9.17, 15) is 0 Å². The maximum absolute atomic E-state index is 3.58. The van der Waals surface area contributed by atoms with Crippen LogP contribution in [0.4, 0.5) is 34.1 Å². The summed E-state index contributed by atoms with van der Waals surface area (Å²) in [6.45, 7) is 13.6. The molecule has 0 saturated heterocycles. The lowest BCUT2D eigenvalue weighted by Gasteiger charge is -2.28. The fourth-order valence-electron chi connectivity index (χ4n) is 5.90. The topological polar surface area (TPSA) is 6.48 Å². The lowest BCUT2D eigenvalue weighted by atomic mass is 9.86. The zero-order valence-corrected chi connectivity index (χ0v) is 31.7. The molecule has 0 aliphatic rings. The summed E-state index contributed by atoms with van der Waals surface area (Å²) in [6.07, 6.45) is 0. The van der Waals surface area contributed by atoms with Crippen LogP contribution in [0, 0.1) is 0 Å². The van der Waals surface area contributed by atoms with Gasteiger partial charge in [-0.15, -0.1) is 0 Å². The van der Waals surface area contributed by atoms with Gasteiger partial charge in [-0.25, -0.2) is 0 Å². The van der Waals surface area contributed by atoms with E-state index in [4.69, 9.17) is 0 Å². The van der Waals surface area contributed by atoms with Crippen LogP contribution in [0.1, 0.15) is 52.7 Å². The van der Waals surface area contributed by atoms with Gasteiger partial charge < -0.3 is 9.80 Å². The number of benzene rings is 6. The molecule has 0 radical (unpaired) electrons. The Hall–Kier alpha value is -4.12. The summed E-state index contributed by atoms with van der Waals surface area (Å²) >= 11 is 7.17. The molecule has 0 unspecified atom stereocenters. The molecule has 0 saturated carbocycles. The summed E-state index contributed by atoms with van der Waals surface area (Å²) < 4.78 is 2.12. The Labute approximate surface area is 303 Å². The van der Waals surface area contributed by atoms with Gasteiger partial charge in [-0.05, 0) is 130 Å². The number of halogens is 2. The molecule has 0 aromatic heterocycles. The maximum atomic E-state index is 3.58. The number of hydrogen-bond acceptors (Lipinski definition) is 2. The number of anilines is 6. The number of nitrogens with zero attached hydrogens (tertiary/aromatic N) is 2. The summed E-state index contributed by atoms with van der Waals surface area (Å²) in [6, 6.07) is 52.6. The van der Waals surface area contributed by atoms with Crippen LogP contribution in [0.3, 0.4) is 0 Å². The van der Waals surface area contributed by atoms with E-state index in [0.29, 0.717) is 0 Å². The SMILES string of the molecule is CC(C)(C)c1ccc(N(c2ccc(-c3ccc(N(c4ccc(Br)cc4)c4ccc(Br)cc4)cc3)cc2)c2ccc(C(C)(C)C)cc2)cc1. The molecule has 2 nitrogen and oxygen atoms in total. The van der Waals surface area contributed by atoms with Gasteiger partial charge in [0.05, 0.1) is 0 Å². The predicted octanol–water partition coefficient (Wildman–Crippen LogP) is 14.4. The lowest BCUT2D eigenvalue weighted by molar-refractivity contribution is 0.590. The normalized spacial score (nSPS) is 11.8. The van der Waals surface area contributed by atoms with Crippen molar-refractivity contribution in [3.8, 4) is 11.1 Å². The van der Waals surface area contributed by atoms with Gasteiger partial charge in [0.2, 0.25) is 0 Å². The van der Waals surface area contributed by atoms with Crippen molar-refractivity contribution in [3.05, 3.63) is 166 Å². The zero-order chi connectivity index (χ0) is 34.1. The van der Waals surface area contributed by atoms with E-state index in [1.165, 1.54) is 22.3 Å². The van der Waals surface area contributed by atoms with Gasteiger partial charge in [0.15, 0.2) is 0 Å². The van der Waals surface area contributed by atoms with Crippen LogP contribution in [-0.2, 0) is 10.8 Å². The van der Waals surface area contributed by atoms with E-state index in [1.807, 2.05) is 0 Å². The van der Waals surface area contributed by atoms with Crippen LogP contribution in [0.2, 0.25) is 0 Å². The highest BCUT2D eigenvalue weighted by molar-refractivity contribution is 9.10. The maximum Gasteiger partial charge on any atom is 0.0462 e. The molecule has 0 N–H and O–H groups in total. The van der Waals surface area contributed by atoms with Gasteiger partial charge >= 0.3 is 0 Å². The second-order valence-electron chi connectivity index (χ2n) is 14.3. The minimum absolute atomic E-state index is 0.0996. The smallest absolute Gasteiger partial charge is 0.0462 e. The zero-order valence-electron chi connectivity index (χ0n) is 28.5. The minimum atomic E-state index is 0.0996. The Morgan fingerprint density at radius 1 is 0.312 bits per heavy atom. The van der Waals surface area contributed by atoms with Crippen molar-refractivity contribution in [2.75, 3.05) is 9.80 Å². The van der Waals surface area contributed by atoms with Crippen molar-refractivity contribution in [2.24, 2.45) is 0 Å². The summed E-state index contributed by atoms with van der Waals surface area (Å²) in [5.41, 5.74) is 11.9. The molecule has 4 heteroatoms. The van der Waals surface area contributed by atoms with E-state index in [1.54, 1.807) is 0 Å². The first kappa shape index (κ1) is 33.8. The van der Waals surface area contributed by atoms with Crippen LogP contribution in [0.25, 0.3) is 11.1 Å². The van der Waals surface area contributed by atoms with E-state index in [2.05, 4.69) is 229 Å². The predicted molar refractivity (Wildman–Crippen MR) is 214 cm³/mol. The van der Waals surface area contributed by atoms with Crippen LogP contribution < -0.4 is 9.80 Å². The first-order chi connectivity index (χ1) is 22.9. The molecule has 0 fully saturated rings. The molecule has 0 amide bonds. The standard InChI is InChI=1S/C44H42Br2N2/c1-43(2,3)33-11-23-39(24-12-33)47(40-25-13-34(14-26-40)44(4,5)6)37-19-7-31(8-20-37)32-9-21-38(22-10-32)48(41-27-15-35(45)16-28-41)42-29-17-36(46)18-30-42/h7-30H,1-6H3. The molecule has 0 atom stereocenters. The molecule has 0 aliphatic carbocycles. The van der Waals surface area contributed by atoms with E-state index >= 15 is 0 Å². The lowest BCUT2D eigenvalue weighted by Crippen LogP contribution is -2.14. The highest BCUT2D eigenvalue weighted by Crippen LogP contribution is 2.39. The quantitative estimate of drug-likeness (QED) is 0.160. The monoisotopic (exact) mass is 756 g/mol. The summed E-state index contributed by atoms with van der Waals surface area (Å²) in [5.74, 6) is 0. The van der Waals surface area contributed by atoms with Crippen LogP contribution in [-0.4, -0.2) is 0 Å². The molecule has 6 aromatic carbocycles. The fraction of sp³-hybridized carbons (Fsp3) is 0.182. The second kappa shape index (κ2) is 13.8. The Bertz CT molecular complexity index is 1840. The largest absolute Gasteiger partial charge is 0.311 e. The van der Waals surface area contributed by atoms with Crippen molar-refractivity contribution >= 4 is 66.0 Å². The third-order valence-corrected chi connectivity index (χ3v) is 9.79. The molecule has 0 spiro atoms. The average Bonchev–Trinajstić information content (AvgIpc) is 3.07. The van der Waals surface area contributed by atoms with Crippen LogP contribution >= 0.6 is 31.9 Å². The van der Waals surface area contributed by atoms with E-state index in [-0.39, 0.29) is 10.8 Å². The molecule has 48 heavy (non-hydrogen) atoms. The fourth-order valence-corrected chi connectivity index (χ4v) is 6.43. The Kier molecular flexibility index (Phi) is 9.69. The summed E-state index contributed by atoms with van der Waals surface area (Å²) in [5, 5.41) is 0. The number of rotatable bonds is 7. The van der Waals surface area contributed by atoms with Gasteiger partial charge in [0, 0.05) is 43.1 Å². The molecular weight excluding hydrogens is 716 g/mol. The van der Waals surface area contributed by atoms with Gasteiger partial charge in [-0.2, -0.15) is 0 Å². The molecular formula is C44H42Br2N2. The summed E-state index contributed by atoms with van der Waals surface area (Å²) in [7, 11) is 0. The van der Waals surface area contributed by atoms with Gasteiger partial charge in [0.25, 0.3) is 0 Å². The summed E-state index contributed by atoms with van der Waals surface area (Å²) in [4.78, 5) is 4.62. The minimum Gasteiger partial charge on any atom is -0.311 e. The van der Waals surface area contributed by atoms with Crippen molar-refractivity contribution < 1.29 is 0 Å². The Morgan fingerprint density at radius 3 is 0.750 bits per heavy atom. The second-order valence-corrected chi connectivity index (χ2v) is 16.1. The van der Waals surface area contributed by atoms with E-state index < -0.39 is 0 Å². The molecule has 0 heterocycles. The third-order valence-electron chi connectivity index (χ3n) is 8.74. The van der Waals surface area contributed by atoms with E-state index in [0.717, 1.165) is 43.1 Å². The number of hydrogen-bond donors (Lipinski definition) is 0.